The quantitative estimate of drug-likeness (QED) is 0.929. The molecular formula is C17H27NO2S. The first kappa shape index (κ1) is 16.5. The number of sulfone groups is 1. The first-order valence-electron chi connectivity index (χ1n) is 7.91. The summed E-state index contributed by atoms with van der Waals surface area (Å²) < 4.78 is 26.1. The van der Waals surface area contributed by atoms with E-state index in [0.717, 1.165) is 36.8 Å². The smallest absolute Gasteiger partial charge is 0.181 e. The SMILES string of the molecule is CCC1CCC(CN)C(S(=O)(=O)c2ccc(C)c(C)c2)C1. The Bertz CT molecular complexity index is 595. The number of rotatable bonds is 4. The lowest BCUT2D eigenvalue weighted by Gasteiger charge is -2.35. The molecule has 2 rings (SSSR count). The minimum absolute atomic E-state index is 0.0967. The van der Waals surface area contributed by atoms with Gasteiger partial charge in [-0.3, -0.25) is 0 Å². The standard InChI is InChI=1S/C17H27NO2S/c1-4-14-6-7-15(11-18)17(10-14)21(19,20)16-8-5-12(2)13(3)9-16/h5,8-9,14-15,17H,4,6-7,10-11,18H2,1-3H3. The van der Waals surface area contributed by atoms with Crippen molar-refractivity contribution in [3.63, 3.8) is 0 Å². The van der Waals surface area contributed by atoms with Crippen molar-refractivity contribution < 1.29 is 8.42 Å². The van der Waals surface area contributed by atoms with Gasteiger partial charge in [0.2, 0.25) is 0 Å². The lowest BCUT2D eigenvalue weighted by molar-refractivity contribution is 0.275. The molecule has 1 aromatic rings. The van der Waals surface area contributed by atoms with Crippen LogP contribution in [0, 0.1) is 25.7 Å². The Balaban J connectivity index is 2.37. The van der Waals surface area contributed by atoms with Gasteiger partial charge in [0.25, 0.3) is 0 Å². The van der Waals surface area contributed by atoms with Gasteiger partial charge in [0.05, 0.1) is 10.1 Å². The molecular weight excluding hydrogens is 282 g/mol. The molecule has 0 saturated heterocycles. The van der Waals surface area contributed by atoms with E-state index in [-0.39, 0.29) is 11.2 Å². The lowest BCUT2D eigenvalue weighted by atomic mass is 9.80. The van der Waals surface area contributed by atoms with Gasteiger partial charge in [0, 0.05) is 0 Å². The molecule has 0 aromatic heterocycles. The Labute approximate surface area is 128 Å². The highest BCUT2D eigenvalue weighted by atomic mass is 32.2. The number of benzene rings is 1. The highest BCUT2D eigenvalue weighted by Crippen LogP contribution is 2.37. The summed E-state index contributed by atoms with van der Waals surface area (Å²) in [6, 6.07) is 5.47. The van der Waals surface area contributed by atoms with E-state index in [1.165, 1.54) is 0 Å². The van der Waals surface area contributed by atoms with E-state index in [1.54, 1.807) is 6.07 Å². The topological polar surface area (TPSA) is 60.2 Å². The van der Waals surface area contributed by atoms with Crippen LogP contribution in [-0.2, 0) is 9.84 Å². The van der Waals surface area contributed by atoms with Gasteiger partial charge in [-0.05, 0) is 68.3 Å². The van der Waals surface area contributed by atoms with E-state index in [4.69, 9.17) is 5.73 Å². The van der Waals surface area contributed by atoms with Crippen LogP contribution in [0.4, 0.5) is 0 Å². The van der Waals surface area contributed by atoms with Crippen LogP contribution in [0.2, 0.25) is 0 Å². The summed E-state index contributed by atoms with van der Waals surface area (Å²) in [5.41, 5.74) is 8.00. The van der Waals surface area contributed by atoms with E-state index < -0.39 is 9.84 Å². The molecule has 0 radical (unpaired) electrons. The molecule has 0 spiro atoms. The fraction of sp³-hybridized carbons (Fsp3) is 0.647. The Hall–Kier alpha value is -0.870. The zero-order chi connectivity index (χ0) is 15.6. The summed E-state index contributed by atoms with van der Waals surface area (Å²) in [7, 11) is -3.29. The maximum Gasteiger partial charge on any atom is 0.181 e. The van der Waals surface area contributed by atoms with Crippen LogP contribution < -0.4 is 5.73 Å². The van der Waals surface area contributed by atoms with Crippen molar-refractivity contribution in [2.75, 3.05) is 6.54 Å². The largest absolute Gasteiger partial charge is 0.330 e. The average Bonchev–Trinajstić information content (AvgIpc) is 2.49. The zero-order valence-electron chi connectivity index (χ0n) is 13.3. The second kappa shape index (κ2) is 6.49. The third-order valence-corrected chi connectivity index (χ3v) is 7.41. The molecule has 0 bridgehead atoms. The normalized spacial score (nSPS) is 26.8. The minimum atomic E-state index is -3.29. The first-order chi connectivity index (χ1) is 9.90. The Kier molecular flexibility index (Phi) is 5.10. The Morgan fingerprint density at radius 2 is 1.90 bits per heavy atom. The van der Waals surface area contributed by atoms with Crippen LogP contribution in [0.25, 0.3) is 0 Å². The molecule has 3 nitrogen and oxygen atoms in total. The van der Waals surface area contributed by atoms with Gasteiger partial charge in [0.1, 0.15) is 0 Å². The van der Waals surface area contributed by atoms with Crippen LogP contribution in [0.1, 0.15) is 43.7 Å². The summed E-state index contributed by atoms with van der Waals surface area (Å²) in [6.07, 6.45) is 3.85. The molecule has 1 aliphatic rings. The van der Waals surface area contributed by atoms with Crippen molar-refractivity contribution in [3.05, 3.63) is 29.3 Å². The van der Waals surface area contributed by atoms with E-state index in [2.05, 4.69) is 6.92 Å². The van der Waals surface area contributed by atoms with Gasteiger partial charge >= 0.3 is 0 Å². The molecule has 1 aliphatic carbocycles. The first-order valence-corrected chi connectivity index (χ1v) is 9.46. The van der Waals surface area contributed by atoms with Crippen molar-refractivity contribution in [2.24, 2.45) is 17.6 Å². The van der Waals surface area contributed by atoms with Crippen LogP contribution >= 0.6 is 0 Å². The monoisotopic (exact) mass is 309 g/mol. The fourth-order valence-corrected chi connectivity index (χ4v) is 5.59. The molecule has 3 unspecified atom stereocenters. The molecule has 0 amide bonds. The molecule has 1 saturated carbocycles. The van der Waals surface area contributed by atoms with Gasteiger partial charge in [-0.1, -0.05) is 25.8 Å². The van der Waals surface area contributed by atoms with Gasteiger partial charge in [-0.2, -0.15) is 0 Å². The predicted molar refractivity (Wildman–Crippen MR) is 87.1 cm³/mol. The average molecular weight is 309 g/mol. The van der Waals surface area contributed by atoms with Crippen LogP contribution in [-0.4, -0.2) is 20.2 Å². The summed E-state index contributed by atoms with van der Waals surface area (Å²) in [4.78, 5) is 0.464. The third kappa shape index (κ3) is 3.32. The summed E-state index contributed by atoms with van der Waals surface area (Å²) in [5, 5.41) is -0.316. The number of aryl methyl sites for hydroxylation is 2. The van der Waals surface area contributed by atoms with Crippen LogP contribution in [0.5, 0.6) is 0 Å². The van der Waals surface area contributed by atoms with Gasteiger partial charge in [0.15, 0.2) is 9.84 Å². The second-order valence-electron chi connectivity index (χ2n) is 6.41. The lowest BCUT2D eigenvalue weighted by Crippen LogP contribution is -2.39. The molecule has 1 fully saturated rings. The van der Waals surface area contributed by atoms with Crippen molar-refractivity contribution in [2.45, 2.75) is 56.6 Å². The van der Waals surface area contributed by atoms with E-state index >= 15 is 0 Å². The summed E-state index contributed by atoms with van der Waals surface area (Å²) >= 11 is 0. The van der Waals surface area contributed by atoms with Gasteiger partial charge in [-0.15, -0.1) is 0 Å². The highest BCUT2D eigenvalue weighted by Gasteiger charge is 2.38. The highest BCUT2D eigenvalue weighted by molar-refractivity contribution is 7.92. The third-order valence-electron chi connectivity index (χ3n) is 5.12. The van der Waals surface area contributed by atoms with Crippen molar-refractivity contribution in [1.82, 2.24) is 0 Å². The molecule has 2 N–H and O–H groups in total. The maximum absolute atomic E-state index is 13.0. The number of hydrogen-bond donors (Lipinski definition) is 1. The molecule has 118 valence electrons. The van der Waals surface area contributed by atoms with Crippen LogP contribution in [0.3, 0.4) is 0 Å². The zero-order valence-corrected chi connectivity index (χ0v) is 14.1. The van der Waals surface area contributed by atoms with Crippen molar-refractivity contribution in [1.29, 1.82) is 0 Å². The Morgan fingerprint density at radius 1 is 1.19 bits per heavy atom. The van der Waals surface area contributed by atoms with E-state index in [0.29, 0.717) is 17.4 Å². The molecule has 3 atom stereocenters. The molecule has 0 aliphatic heterocycles. The predicted octanol–water partition coefficient (Wildman–Crippen LogP) is 3.23. The van der Waals surface area contributed by atoms with Gasteiger partial charge < -0.3 is 5.73 Å². The molecule has 0 heterocycles. The van der Waals surface area contributed by atoms with E-state index in [9.17, 15) is 8.42 Å². The van der Waals surface area contributed by atoms with Crippen molar-refractivity contribution >= 4 is 9.84 Å². The summed E-state index contributed by atoms with van der Waals surface area (Å²) in [5.74, 6) is 0.610. The minimum Gasteiger partial charge on any atom is -0.330 e. The molecule has 1 aromatic carbocycles. The van der Waals surface area contributed by atoms with Crippen molar-refractivity contribution in [3.8, 4) is 0 Å². The number of nitrogens with two attached hydrogens (primary N) is 1. The Morgan fingerprint density at radius 3 is 2.48 bits per heavy atom. The molecule has 4 heteroatoms. The van der Waals surface area contributed by atoms with E-state index in [1.807, 2.05) is 26.0 Å². The second-order valence-corrected chi connectivity index (χ2v) is 8.58. The van der Waals surface area contributed by atoms with Crippen LogP contribution in [0.15, 0.2) is 23.1 Å². The fourth-order valence-electron chi connectivity index (χ4n) is 3.36. The van der Waals surface area contributed by atoms with Gasteiger partial charge in [-0.25, -0.2) is 8.42 Å². The molecule has 21 heavy (non-hydrogen) atoms. The number of hydrogen-bond acceptors (Lipinski definition) is 3. The maximum atomic E-state index is 13.0. The summed E-state index contributed by atoms with van der Waals surface area (Å²) in [6.45, 7) is 6.57.